The summed E-state index contributed by atoms with van der Waals surface area (Å²) in [5.74, 6) is 3.20. The lowest BCUT2D eigenvalue weighted by molar-refractivity contribution is 0.0723. The van der Waals surface area contributed by atoms with E-state index in [0.29, 0.717) is 5.41 Å². The van der Waals surface area contributed by atoms with Gasteiger partial charge < -0.3 is 5.73 Å². The van der Waals surface area contributed by atoms with Gasteiger partial charge >= 0.3 is 0 Å². The van der Waals surface area contributed by atoms with Gasteiger partial charge in [0, 0.05) is 0 Å². The second kappa shape index (κ2) is 2.73. The van der Waals surface area contributed by atoms with Crippen molar-refractivity contribution in [1.82, 2.24) is 0 Å². The molecule has 4 bridgehead atoms. The maximum absolute atomic E-state index is 6.00. The number of fused-ring (bicyclic) bond motifs is 1. The van der Waals surface area contributed by atoms with Crippen molar-refractivity contribution < 1.29 is 0 Å². The molecule has 2 unspecified atom stereocenters. The maximum Gasteiger partial charge on any atom is -0.00203 e. The van der Waals surface area contributed by atoms with Crippen molar-refractivity contribution in [3.63, 3.8) is 0 Å². The molecule has 0 heterocycles. The Balaban J connectivity index is 1.92. The van der Waals surface area contributed by atoms with Gasteiger partial charge in [-0.25, -0.2) is 0 Å². The quantitative estimate of drug-likeness (QED) is 0.657. The lowest BCUT2D eigenvalue weighted by atomic mass is 9.61. The highest BCUT2D eigenvalue weighted by molar-refractivity contribution is 4.98. The van der Waals surface area contributed by atoms with Crippen molar-refractivity contribution in [2.24, 2.45) is 28.9 Å². The molecule has 1 nitrogen and oxygen atoms in total. The summed E-state index contributed by atoms with van der Waals surface area (Å²) in [7, 11) is 0. The predicted octanol–water partition coefficient (Wildman–Crippen LogP) is 2.55. The van der Waals surface area contributed by atoms with E-state index in [0.717, 1.165) is 24.3 Å². The SMILES string of the molecule is NCC12CCC3C[C@H](C[C@H](C3)C1)C2. The summed E-state index contributed by atoms with van der Waals surface area (Å²) in [4.78, 5) is 0. The minimum Gasteiger partial charge on any atom is -0.330 e. The molecule has 13 heavy (non-hydrogen) atoms. The molecule has 0 aromatic carbocycles. The minimum atomic E-state index is 0.596. The van der Waals surface area contributed by atoms with Gasteiger partial charge in [-0.1, -0.05) is 0 Å². The van der Waals surface area contributed by atoms with Gasteiger partial charge in [0.1, 0.15) is 0 Å². The summed E-state index contributed by atoms with van der Waals surface area (Å²) in [6.45, 7) is 0.965. The molecule has 4 aliphatic carbocycles. The number of hydrogen-bond donors (Lipinski definition) is 1. The van der Waals surface area contributed by atoms with E-state index in [4.69, 9.17) is 5.73 Å². The summed E-state index contributed by atoms with van der Waals surface area (Å²) in [5.41, 5.74) is 6.59. The fraction of sp³-hybridized carbons (Fsp3) is 1.00. The van der Waals surface area contributed by atoms with Crippen molar-refractivity contribution in [1.29, 1.82) is 0 Å². The van der Waals surface area contributed by atoms with E-state index < -0.39 is 0 Å². The van der Waals surface area contributed by atoms with Crippen molar-refractivity contribution in [3.8, 4) is 0 Å². The fourth-order valence-corrected chi connectivity index (χ4v) is 4.56. The molecule has 4 saturated carbocycles. The third-order valence-electron chi connectivity index (χ3n) is 4.96. The second-order valence-corrected chi connectivity index (χ2v) is 5.96. The lowest BCUT2D eigenvalue weighted by Gasteiger charge is -2.44. The van der Waals surface area contributed by atoms with Crippen LogP contribution in [0.15, 0.2) is 0 Å². The Labute approximate surface area is 81.1 Å². The molecule has 4 rings (SSSR count). The first-order valence-corrected chi connectivity index (χ1v) is 6.00. The van der Waals surface area contributed by atoms with Crippen LogP contribution in [0.4, 0.5) is 0 Å². The van der Waals surface area contributed by atoms with Crippen LogP contribution in [0, 0.1) is 23.2 Å². The highest BCUT2D eigenvalue weighted by Gasteiger charge is 2.46. The van der Waals surface area contributed by atoms with Gasteiger partial charge in [-0.2, -0.15) is 0 Å². The number of hydrogen-bond acceptors (Lipinski definition) is 1. The first kappa shape index (κ1) is 8.28. The van der Waals surface area contributed by atoms with Crippen molar-refractivity contribution in [3.05, 3.63) is 0 Å². The molecule has 0 aromatic rings. The van der Waals surface area contributed by atoms with Crippen LogP contribution in [0.5, 0.6) is 0 Å². The monoisotopic (exact) mass is 179 g/mol. The summed E-state index contributed by atoms with van der Waals surface area (Å²) < 4.78 is 0. The third kappa shape index (κ3) is 1.24. The summed E-state index contributed by atoms with van der Waals surface area (Å²) in [6.07, 6.45) is 10.5. The highest BCUT2D eigenvalue weighted by atomic mass is 14.6. The molecule has 0 radical (unpaired) electrons. The van der Waals surface area contributed by atoms with E-state index in [9.17, 15) is 0 Å². The Bertz CT molecular complexity index is 197. The molecule has 0 aliphatic heterocycles. The van der Waals surface area contributed by atoms with E-state index in [1.807, 2.05) is 0 Å². The van der Waals surface area contributed by atoms with Crippen LogP contribution in [0.2, 0.25) is 0 Å². The molecular formula is C12H21N. The van der Waals surface area contributed by atoms with Gasteiger partial charge in [-0.05, 0) is 74.7 Å². The zero-order chi connectivity index (χ0) is 8.89. The van der Waals surface area contributed by atoms with Crippen LogP contribution >= 0.6 is 0 Å². The van der Waals surface area contributed by atoms with E-state index in [-0.39, 0.29) is 0 Å². The Morgan fingerprint density at radius 2 is 1.62 bits per heavy atom. The van der Waals surface area contributed by atoms with Crippen LogP contribution in [0.3, 0.4) is 0 Å². The maximum atomic E-state index is 6.00. The molecule has 0 saturated heterocycles. The fourth-order valence-electron chi connectivity index (χ4n) is 4.56. The standard InChI is InChI=1S/C12H21N/c13-8-12-2-1-9-3-10(6-12)5-11(4-9)7-12/h9-11H,1-8,13H2/t9?,10-,11+,12?. The van der Waals surface area contributed by atoms with Crippen molar-refractivity contribution in [2.45, 2.75) is 44.9 Å². The molecule has 4 fully saturated rings. The molecule has 0 spiro atoms. The Morgan fingerprint density at radius 1 is 1.00 bits per heavy atom. The molecule has 0 aromatic heterocycles. The summed E-state index contributed by atoms with van der Waals surface area (Å²) in [5, 5.41) is 0. The molecule has 74 valence electrons. The average molecular weight is 179 g/mol. The average Bonchev–Trinajstić information content (AvgIpc) is 2.32. The van der Waals surface area contributed by atoms with Crippen LogP contribution < -0.4 is 5.73 Å². The van der Waals surface area contributed by atoms with Crippen LogP contribution in [-0.4, -0.2) is 6.54 Å². The van der Waals surface area contributed by atoms with Crippen LogP contribution in [0.25, 0.3) is 0 Å². The Kier molecular flexibility index (Phi) is 1.74. The Hall–Kier alpha value is -0.0400. The van der Waals surface area contributed by atoms with Gasteiger partial charge in [-0.15, -0.1) is 0 Å². The zero-order valence-corrected chi connectivity index (χ0v) is 8.47. The van der Waals surface area contributed by atoms with Gasteiger partial charge in [0.15, 0.2) is 0 Å². The number of rotatable bonds is 1. The number of nitrogens with two attached hydrogens (primary N) is 1. The summed E-state index contributed by atoms with van der Waals surface area (Å²) in [6, 6.07) is 0. The topological polar surface area (TPSA) is 26.0 Å². The van der Waals surface area contributed by atoms with Gasteiger partial charge in [0.25, 0.3) is 0 Å². The highest BCUT2D eigenvalue weighted by Crippen LogP contribution is 2.56. The van der Waals surface area contributed by atoms with E-state index >= 15 is 0 Å². The molecular weight excluding hydrogens is 158 g/mol. The van der Waals surface area contributed by atoms with E-state index in [1.54, 1.807) is 0 Å². The molecule has 1 heteroatoms. The summed E-state index contributed by atoms with van der Waals surface area (Å²) >= 11 is 0. The first-order valence-electron chi connectivity index (χ1n) is 6.00. The third-order valence-corrected chi connectivity index (χ3v) is 4.96. The molecule has 4 atom stereocenters. The minimum absolute atomic E-state index is 0.596. The van der Waals surface area contributed by atoms with Gasteiger partial charge in [0.2, 0.25) is 0 Å². The van der Waals surface area contributed by atoms with E-state index in [2.05, 4.69) is 0 Å². The second-order valence-electron chi connectivity index (χ2n) is 5.96. The first-order chi connectivity index (χ1) is 6.30. The predicted molar refractivity (Wildman–Crippen MR) is 54.3 cm³/mol. The lowest BCUT2D eigenvalue weighted by Crippen LogP contribution is -2.39. The molecule has 0 amide bonds. The van der Waals surface area contributed by atoms with E-state index in [1.165, 1.54) is 44.9 Å². The Morgan fingerprint density at radius 3 is 2.23 bits per heavy atom. The van der Waals surface area contributed by atoms with Gasteiger partial charge in [-0.3, -0.25) is 0 Å². The molecule has 2 N–H and O–H groups in total. The van der Waals surface area contributed by atoms with Crippen molar-refractivity contribution >= 4 is 0 Å². The van der Waals surface area contributed by atoms with Gasteiger partial charge in [0.05, 0.1) is 0 Å². The normalized spacial score (nSPS) is 53.8. The zero-order valence-electron chi connectivity index (χ0n) is 8.47. The van der Waals surface area contributed by atoms with Crippen molar-refractivity contribution in [2.75, 3.05) is 6.54 Å². The largest absolute Gasteiger partial charge is 0.330 e. The smallest absolute Gasteiger partial charge is 0.00203 e. The van der Waals surface area contributed by atoms with Crippen LogP contribution in [0.1, 0.15) is 44.9 Å². The van der Waals surface area contributed by atoms with Crippen LogP contribution in [-0.2, 0) is 0 Å². The molecule has 4 aliphatic rings.